The van der Waals surface area contributed by atoms with Crippen molar-refractivity contribution in [3.8, 4) is 0 Å². The Kier molecular flexibility index (Phi) is 3.66. The van der Waals surface area contributed by atoms with Crippen LogP contribution in [-0.4, -0.2) is 17.3 Å². The van der Waals surface area contributed by atoms with Crippen molar-refractivity contribution in [2.24, 2.45) is 0 Å². The van der Waals surface area contributed by atoms with Gasteiger partial charge in [-0.15, -0.1) is 11.3 Å². The molecule has 0 spiro atoms. The summed E-state index contributed by atoms with van der Waals surface area (Å²) in [7, 11) is 0. The first-order valence-electron chi connectivity index (χ1n) is 5.02. The quantitative estimate of drug-likeness (QED) is 0.860. The highest BCUT2D eigenvalue weighted by Gasteiger charge is 2.04. The lowest BCUT2D eigenvalue weighted by atomic mass is 10.2. The summed E-state index contributed by atoms with van der Waals surface area (Å²) in [6.07, 6.45) is 2.20. The first-order valence-corrected chi connectivity index (χ1v) is 5.90. The van der Waals surface area contributed by atoms with Gasteiger partial charge in [0, 0.05) is 23.2 Å². The van der Waals surface area contributed by atoms with E-state index in [0.717, 1.165) is 10.6 Å². The van der Waals surface area contributed by atoms with Gasteiger partial charge in [-0.25, -0.2) is 0 Å². The minimum atomic E-state index is 0.174. The summed E-state index contributed by atoms with van der Waals surface area (Å²) in [4.78, 5) is 16.6. The first kappa shape index (κ1) is 10.8. The molecule has 0 fully saturated rings. The second kappa shape index (κ2) is 5.42. The summed E-state index contributed by atoms with van der Waals surface area (Å²) >= 11 is 1.51. The van der Waals surface area contributed by atoms with Gasteiger partial charge < -0.3 is 5.32 Å². The predicted molar refractivity (Wildman–Crippen MR) is 65.8 cm³/mol. The van der Waals surface area contributed by atoms with Crippen LogP contribution in [-0.2, 0) is 11.2 Å². The van der Waals surface area contributed by atoms with Gasteiger partial charge in [0.1, 0.15) is 0 Å². The zero-order valence-electron chi connectivity index (χ0n) is 8.72. The fourth-order valence-corrected chi connectivity index (χ4v) is 1.97. The SMILES string of the molecule is O=C(CNc1ccccc1)Cc1cncs1. The Morgan fingerprint density at radius 2 is 2.12 bits per heavy atom. The van der Waals surface area contributed by atoms with E-state index in [4.69, 9.17) is 0 Å². The van der Waals surface area contributed by atoms with Crippen molar-refractivity contribution < 1.29 is 4.79 Å². The molecule has 0 bridgehead atoms. The Hall–Kier alpha value is -1.68. The molecule has 0 unspecified atom stereocenters. The molecule has 1 aromatic heterocycles. The third-order valence-corrected chi connectivity index (χ3v) is 2.90. The number of nitrogens with zero attached hydrogens (tertiary/aromatic N) is 1. The van der Waals surface area contributed by atoms with Gasteiger partial charge in [0.05, 0.1) is 12.1 Å². The van der Waals surface area contributed by atoms with Gasteiger partial charge in [-0.2, -0.15) is 0 Å². The van der Waals surface area contributed by atoms with Crippen LogP contribution in [0.4, 0.5) is 5.69 Å². The van der Waals surface area contributed by atoms with Crippen LogP contribution < -0.4 is 5.32 Å². The second-order valence-corrected chi connectivity index (χ2v) is 4.37. The number of carbonyl (C=O) groups excluding carboxylic acids is 1. The van der Waals surface area contributed by atoms with Gasteiger partial charge in [0.25, 0.3) is 0 Å². The highest BCUT2D eigenvalue weighted by atomic mass is 32.1. The van der Waals surface area contributed by atoms with Gasteiger partial charge in [-0.05, 0) is 12.1 Å². The lowest BCUT2D eigenvalue weighted by Gasteiger charge is -2.04. The molecule has 3 nitrogen and oxygen atoms in total. The fourth-order valence-electron chi connectivity index (χ4n) is 1.34. The predicted octanol–water partition coefficient (Wildman–Crippen LogP) is 2.37. The summed E-state index contributed by atoms with van der Waals surface area (Å²) in [6, 6.07) is 9.72. The van der Waals surface area contributed by atoms with E-state index in [2.05, 4.69) is 10.3 Å². The minimum Gasteiger partial charge on any atom is -0.378 e. The van der Waals surface area contributed by atoms with E-state index in [1.807, 2.05) is 30.3 Å². The molecule has 1 heterocycles. The van der Waals surface area contributed by atoms with E-state index in [0.29, 0.717) is 13.0 Å². The Labute approximate surface area is 98.2 Å². The van der Waals surface area contributed by atoms with Crippen molar-refractivity contribution >= 4 is 22.8 Å². The average molecular weight is 232 g/mol. The van der Waals surface area contributed by atoms with Gasteiger partial charge in [0.2, 0.25) is 0 Å². The van der Waals surface area contributed by atoms with E-state index in [1.54, 1.807) is 11.7 Å². The molecule has 4 heteroatoms. The van der Waals surface area contributed by atoms with Crippen LogP contribution in [0.2, 0.25) is 0 Å². The second-order valence-electron chi connectivity index (χ2n) is 3.40. The Morgan fingerprint density at radius 3 is 2.81 bits per heavy atom. The topological polar surface area (TPSA) is 42.0 Å². The number of Topliss-reactive ketones (excluding diaryl/α,β-unsaturated/α-hetero) is 1. The molecule has 82 valence electrons. The van der Waals surface area contributed by atoms with Crippen LogP contribution in [0, 0.1) is 0 Å². The molecule has 0 amide bonds. The third kappa shape index (κ3) is 3.17. The normalized spacial score (nSPS) is 10.0. The van der Waals surface area contributed by atoms with Crippen molar-refractivity contribution in [1.82, 2.24) is 4.98 Å². The summed E-state index contributed by atoms with van der Waals surface area (Å²) in [6.45, 7) is 0.363. The van der Waals surface area contributed by atoms with Crippen molar-refractivity contribution in [3.05, 3.63) is 46.9 Å². The molecule has 0 radical (unpaired) electrons. The zero-order valence-corrected chi connectivity index (χ0v) is 9.54. The molecule has 0 aliphatic rings. The molecule has 0 saturated carbocycles. The van der Waals surface area contributed by atoms with Crippen molar-refractivity contribution in [2.45, 2.75) is 6.42 Å². The van der Waals surface area contributed by atoms with Gasteiger partial charge in [-0.3, -0.25) is 9.78 Å². The summed E-state index contributed by atoms with van der Waals surface area (Å²) in [5.74, 6) is 0.174. The molecule has 0 aliphatic heterocycles. The maximum atomic E-state index is 11.6. The lowest BCUT2D eigenvalue weighted by molar-refractivity contribution is -0.116. The molecular formula is C12H12N2OS. The van der Waals surface area contributed by atoms with Crippen molar-refractivity contribution in [1.29, 1.82) is 0 Å². The third-order valence-electron chi connectivity index (χ3n) is 2.12. The Balaban J connectivity index is 1.80. The summed E-state index contributed by atoms with van der Waals surface area (Å²) in [5, 5.41) is 3.09. The molecule has 2 aromatic rings. The molecule has 0 aliphatic carbocycles. The lowest BCUT2D eigenvalue weighted by Crippen LogP contribution is -2.15. The smallest absolute Gasteiger partial charge is 0.157 e. The maximum Gasteiger partial charge on any atom is 0.157 e. The number of benzene rings is 1. The van der Waals surface area contributed by atoms with Crippen molar-refractivity contribution in [3.63, 3.8) is 0 Å². The molecule has 0 atom stereocenters. The number of anilines is 1. The Bertz CT molecular complexity index is 439. The van der Waals surface area contributed by atoms with E-state index in [9.17, 15) is 4.79 Å². The monoisotopic (exact) mass is 232 g/mol. The summed E-state index contributed by atoms with van der Waals surface area (Å²) < 4.78 is 0. The molecule has 1 N–H and O–H groups in total. The number of hydrogen-bond acceptors (Lipinski definition) is 4. The van der Waals surface area contributed by atoms with E-state index >= 15 is 0 Å². The van der Waals surface area contributed by atoms with Gasteiger partial charge in [0.15, 0.2) is 5.78 Å². The molecule has 0 saturated heterocycles. The number of rotatable bonds is 5. The van der Waals surface area contributed by atoms with Crippen molar-refractivity contribution in [2.75, 3.05) is 11.9 Å². The number of para-hydroxylation sites is 1. The number of thiazole rings is 1. The van der Waals surface area contributed by atoms with E-state index < -0.39 is 0 Å². The number of ketones is 1. The fraction of sp³-hybridized carbons (Fsp3) is 0.167. The maximum absolute atomic E-state index is 11.6. The minimum absolute atomic E-state index is 0.174. The number of hydrogen-bond donors (Lipinski definition) is 1. The largest absolute Gasteiger partial charge is 0.378 e. The average Bonchev–Trinajstić information content (AvgIpc) is 2.81. The highest BCUT2D eigenvalue weighted by Crippen LogP contribution is 2.08. The molecule has 16 heavy (non-hydrogen) atoms. The first-order chi connectivity index (χ1) is 7.84. The van der Waals surface area contributed by atoms with Gasteiger partial charge in [-0.1, -0.05) is 18.2 Å². The molecule has 1 aromatic carbocycles. The zero-order chi connectivity index (χ0) is 11.2. The van der Waals surface area contributed by atoms with Crippen LogP contribution >= 0.6 is 11.3 Å². The molecule has 2 rings (SSSR count). The number of nitrogens with one attached hydrogen (secondary N) is 1. The standard InChI is InChI=1S/C12H12N2OS/c15-11(6-12-8-13-9-16-12)7-14-10-4-2-1-3-5-10/h1-5,8-9,14H,6-7H2. The van der Waals surface area contributed by atoms with Crippen LogP contribution in [0.5, 0.6) is 0 Å². The van der Waals surface area contributed by atoms with Crippen LogP contribution in [0.1, 0.15) is 4.88 Å². The Morgan fingerprint density at radius 1 is 1.31 bits per heavy atom. The summed E-state index contributed by atoms with van der Waals surface area (Å²) in [5.41, 5.74) is 2.72. The molecular weight excluding hydrogens is 220 g/mol. The number of carbonyl (C=O) groups is 1. The van der Waals surface area contributed by atoms with Crippen LogP contribution in [0.25, 0.3) is 0 Å². The van der Waals surface area contributed by atoms with Crippen LogP contribution in [0.15, 0.2) is 42.0 Å². The highest BCUT2D eigenvalue weighted by molar-refractivity contribution is 7.09. The van der Waals surface area contributed by atoms with Gasteiger partial charge >= 0.3 is 0 Å². The van der Waals surface area contributed by atoms with E-state index in [-0.39, 0.29) is 5.78 Å². The van der Waals surface area contributed by atoms with Crippen LogP contribution in [0.3, 0.4) is 0 Å². The number of aromatic nitrogens is 1. The van der Waals surface area contributed by atoms with E-state index in [1.165, 1.54) is 11.3 Å².